The molecule has 24 heavy (non-hydrogen) atoms. The van der Waals surface area contributed by atoms with Gasteiger partial charge in [-0.3, -0.25) is 9.59 Å². The number of nitrogens with one attached hydrogen (secondary N) is 1. The molecule has 7 heteroatoms. The number of carbonyl (C=O) groups excluding carboxylic acids is 2. The van der Waals surface area contributed by atoms with Gasteiger partial charge in [0.2, 0.25) is 11.8 Å². The molecule has 0 radical (unpaired) electrons. The molecule has 1 aromatic rings. The van der Waals surface area contributed by atoms with Gasteiger partial charge in [-0.15, -0.1) is 0 Å². The highest BCUT2D eigenvalue weighted by molar-refractivity contribution is 6.34. The summed E-state index contributed by atoms with van der Waals surface area (Å²) in [7, 11) is 0. The number of hydrogen-bond acceptors (Lipinski definition) is 4. The van der Waals surface area contributed by atoms with Crippen LogP contribution in [0.2, 0.25) is 5.02 Å². The highest BCUT2D eigenvalue weighted by atomic mass is 35.5. The van der Waals surface area contributed by atoms with Crippen LogP contribution in [0.15, 0.2) is 24.3 Å². The minimum absolute atomic E-state index is 0.129. The predicted octanol–water partition coefficient (Wildman–Crippen LogP) is 1.32. The number of benzene rings is 1. The van der Waals surface area contributed by atoms with Crippen LogP contribution in [-0.2, 0) is 14.3 Å². The molecule has 1 aromatic carbocycles. The Morgan fingerprint density at radius 2 is 2.08 bits per heavy atom. The van der Waals surface area contributed by atoms with Crippen molar-refractivity contribution in [2.75, 3.05) is 31.2 Å². The Bertz CT molecular complexity index is 631. The van der Waals surface area contributed by atoms with Crippen molar-refractivity contribution < 1.29 is 14.3 Å². The van der Waals surface area contributed by atoms with Gasteiger partial charge >= 0.3 is 0 Å². The molecule has 2 fully saturated rings. The van der Waals surface area contributed by atoms with Crippen molar-refractivity contribution in [2.45, 2.75) is 25.3 Å². The quantitative estimate of drug-likeness (QED) is 0.856. The van der Waals surface area contributed by atoms with E-state index in [1.165, 1.54) is 0 Å². The maximum Gasteiger partial charge on any atom is 0.249 e. The number of para-hydroxylation sites is 1. The van der Waals surface area contributed by atoms with Crippen molar-refractivity contribution >= 4 is 29.1 Å². The molecule has 1 unspecified atom stereocenters. The molecular formula is C17H22ClN3O3. The summed E-state index contributed by atoms with van der Waals surface area (Å²) in [5, 5.41) is 3.43. The molecule has 2 amide bonds. The minimum atomic E-state index is -0.629. The van der Waals surface area contributed by atoms with Gasteiger partial charge in [0, 0.05) is 26.3 Å². The van der Waals surface area contributed by atoms with Crippen LogP contribution in [0.4, 0.5) is 5.69 Å². The first-order valence-electron chi connectivity index (χ1n) is 8.22. The van der Waals surface area contributed by atoms with E-state index in [-0.39, 0.29) is 18.4 Å². The highest BCUT2D eigenvalue weighted by Crippen LogP contribution is 2.32. The molecule has 130 valence electrons. The molecule has 0 aliphatic carbocycles. The van der Waals surface area contributed by atoms with E-state index in [1.54, 1.807) is 11.0 Å². The lowest BCUT2D eigenvalue weighted by atomic mass is 9.79. The SMILES string of the molecule is NCC1(C(=O)NC2CCN(c3ccccc3Cl)C2=O)CCOCC1. The van der Waals surface area contributed by atoms with Crippen LogP contribution in [-0.4, -0.2) is 44.2 Å². The van der Waals surface area contributed by atoms with Gasteiger partial charge in [-0.2, -0.15) is 0 Å². The molecule has 2 aliphatic rings. The van der Waals surface area contributed by atoms with Crippen molar-refractivity contribution in [1.82, 2.24) is 5.32 Å². The number of anilines is 1. The summed E-state index contributed by atoms with van der Waals surface area (Å²) in [6.07, 6.45) is 1.74. The van der Waals surface area contributed by atoms with Crippen LogP contribution in [0.3, 0.4) is 0 Å². The number of nitrogens with zero attached hydrogens (tertiary/aromatic N) is 1. The first-order chi connectivity index (χ1) is 11.6. The molecule has 0 saturated carbocycles. The van der Waals surface area contributed by atoms with Crippen molar-refractivity contribution in [3.05, 3.63) is 29.3 Å². The monoisotopic (exact) mass is 351 g/mol. The van der Waals surface area contributed by atoms with Gasteiger partial charge in [0.1, 0.15) is 6.04 Å². The Balaban J connectivity index is 1.69. The molecule has 0 spiro atoms. The van der Waals surface area contributed by atoms with Gasteiger partial charge in [-0.1, -0.05) is 23.7 Å². The summed E-state index contributed by atoms with van der Waals surface area (Å²) >= 11 is 6.18. The molecule has 2 heterocycles. The fourth-order valence-electron chi connectivity index (χ4n) is 3.32. The third-order valence-corrected chi connectivity index (χ3v) is 5.30. The van der Waals surface area contributed by atoms with E-state index in [0.717, 1.165) is 0 Å². The third kappa shape index (κ3) is 3.14. The normalized spacial score (nSPS) is 23.3. The molecule has 0 bridgehead atoms. The average molecular weight is 352 g/mol. The van der Waals surface area contributed by atoms with E-state index in [1.807, 2.05) is 18.2 Å². The number of amides is 2. The molecule has 1 atom stereocenters. The van der Waals surface area contributed by atoms with Crippen LogP contribution < -0.4 is 16.0 Å². The summed E-state index contributed by atoms with van der Waals surface area (Å²) in [6.45, 7) is 1.84. The van der Waals surface area contributed by atoms with Crippen LogP contribution in [0.5, 0.6) is 0 Å². The largest absolute Gasteiger partial charge is 0.381 e. The fourth-order valence-corrected chi connectivity index (χ4v) is 3.56. The van der Waals surface area contributed by atoms with Crippen LogP contribution in [0.25, 0.3) is 0 Å². The number of ether oxygens (including phenoxy) is 1. The zero-order chi connectivity index (χ0) is 17.2. The fraction of sp³-hybridized carbons (Fsp3) is 0.529. The molecule has 0 aromatic heterocycles. The zero-order valence-electron chi connectivity index (χ0n) is 13.5. The van der Waals surface area contributed by atoms with E-state index in [0.29, 0.717) is 49.7 Å². The second-order valence-corrected chi connectivity index (χ2v) is 6.76. The maximum absolute atomic E-state index is 12.7. The first-order valence-corrected chi connectivity index (χ1v) is 8.60. The van der Waals surface area contributed by atoms with Gasteiger partial charge in [0.05, 0.1) is 16.1 Å². The van der Waals surface area contributed by atoms with Crippen LogP contribution in [0, 0.1) is 5.41 Å². The summed E-state index contributed by atoms with van der Waals surface area (Å²) < 4.78 is 5.33. The Morgan fingerprint density at radius 1 is 1.38 bits per heavy atom. The van der Waals surface area contributed by atoms with Gasteiger partial charge in [-0.05, 0) is 31.4 Å². The summed E-state index contributed by atoms with van der Waals surface area (Å²) in [6, 6.07) is 6.69. The smallest absolute Gasteiger partial charge is 0.249 e. The third-order valence-electron chi connectivity index (χ3n) is 4.98. The maximum atomic E-state index is 12.7. The Hall–Kier alpha value is -1.63. The van der Waals surface area contributed by atoms with Gasteiger partial charge in [0.25, 0.3) is 0 Å². The second kappa shape index (κ2) is 7.09. The minimum Gasteiger partial charge on any atom is -0.381 e. The number of carbonyl (C=O) groups is 2. The van der Waals surface area contributed by atoms with Gasteiger partial charge < -0.3 is 20.7 Å². The zero-order valence-corrected chi connectivity index (χ0v) is 14.2. The Morgan fingerprint density at radius 3 is 2.75 bits per heavy atom. The average Bonchev–Trinajstić information content (AvgIpc) is 2.96. The highest BCUT2D eigenvalue weighted by Gasteiger charge is 2.42. The van der Waals surface area contributed by atoms with Crippen LogP contribution in [0.1, 0.15) is 19.3 Å². The molecule has 2 saturated heterocycles. The number of hydrogen-bond donors (Lipinski definition) is 2. The molecular weight excluding hydrogens is 330 g/mol. The van der Waals surface area contributed by atoms with E-state index >= 15 is 0 Å². The van der Waals surface area contributed by atoms with E-state index in [2.05, 4.69) is 5.32 Å². The summed E-state index contributed by atoms with van der Waals surface area (Å²) in [5.41, 5.74) is 5.91. The molecule has 2 aliphatic heterocycles. The van der Waals surface area contributed by atoms with Gasteiger partial charge in [0.15, 0.2) is 0 Å². The van der Waals surface area contributed by atoms with E-state index < -0.39 is 11.5 Å². The van der Waals surface area contributed by atoms with Crippen molar-refractivity contribution in [3.63, 3.8) is 0 Å². The number of rotatable bonds is 4. The van der Waals surface area contributed by atoms with E-state index in [9.17, 15) is 9.59 Å². The number of halogens is 1. The molecule has 3 N–H and O–H groups in total. The van der Waals surface area contributed by atoms with Crippen molar-refractivity contribution in [3.8, 4) is 0 Å². The molecule has 3 rings (SSSR count). The van der Waals surface area contributed by atoms with Crippen molar-refractivity contribution in [1.29, 1.82) is 0 Å². The molecule has 6 nitrogen and oxygen atoms in total. The standard InChI is InChI=1S/C17H22ClN3O3/c18-12-3-1-2-4-14(12)21-8-5-13(15(21)22)20-16(23)17(11-19)6-9-24-10-7-17/h1-4,13H,5-11,19H2,(H,20,23). The number of nitrogens with two attached hydrogens (primary N) is 1. The second-order valence-electron chi connectivity index (χ2n) is 6.35. The summed E-state index contributed by atoms with van der Waals surface area (Å²) in [5.74, 6) is -0.275. The Labute approximate surface area is 146 Å². The predicted molar refractivity (Wildman–Crippen MR) is 91.9 cm³/mol. The lowest BCUT2D eigenvalue weighted by Crippen LogP contribution is -2.53. The topological polar surface area (TPSA) is 84.7 Å². The first kappa shape index (κ1) is 17.2. The summed E-state index contributed by atoms with van der Waals surface area (Å²) in [4.78, 5) is 27.0. The van der Waals surface area contributed by atoms with E-state index in [4.69, 9.17) is 22.1 Å². The van der Waals surface area contributed by atoms with Gasteiger partial charge in [-0.25, -0.2) is 0 Å². The van der Waals surface area contributed by atoms with Crippen molar-refractivity contribution in [2.24, 2.45) is 11.1 Å². The Kier molecular flexibility index (Phi) is 5.08. The lowest BCUT2D eigenvalue weighted by molar-refractivity contribution is -0.138. The van der Waals surface area contributed by atoms with Crippen LogP contribution >= 0.6 is 11.6 Å². The lowest BCUT2D eigenvalue weighted by Gasteiger charge is -2.35.